The molecule has 0 saturated carbocycles. The molecule has 0 bridgehead atoms. The fourth-order valence-electron chi connectivity index (χ4n) is 0.701. The molecule has 0 atom stereocenters. The van der Waals surface area contributed by atoms with Gasteiger partial charge in [0.25, 0.3) is 10.1 Å². The van der Waals surface area contributed by atoms with Gasteiger partial charge in [0, 0.05) is 5.30 Å². The SMILES string of the molecule is O=Pc1cccc(S(=O)(=O)O)c1. The molecule has 64 valence electrons. The van der Waals surface area contributed by atoms with Crippen LogP contribution in [-0.2, 0) is 14.7 Å². The lowest BCUT2D eigenvalue weighted by Crippen LogP contribution is -2.01. The van der Waals surface area contributed by atoms with Gasteiger partial charge in [-0.3, -0.25) is 9.12 Å². The van der Waals surface area contributed by atoms with Crippen LogP contribution in [0, 0.1) is 0 Å². The molecule has 0 amide bonds. The molecule has 0 aliphatic carbocycles. The molecule has 4 nitrogen and oxygen atoms in total. The van der Waals surface area contributed by atoms with Crippen LogP contribution in [0.4, 0.5) is 0 Å². The highest BCUT2D eigenvalue weighted by molar-refractivity contribution is 7.85. The summed E-state index contributed by atoms with van der Waals surface area (Å²) in [5.74, 6) is 0. The normalized spacial score (nSPS) is 11.8. The first kappa shape index (κ1) is 9.32. The molecule has 6 heteroatoms. The van der Waals surface area contributed by atoms with Crippen molar-refractivity contribution in [2.45, 2.75) is 4.90 Å². The first-order valence-corrected chi connectivity index (χ1v) is 5.20. The number of rotatable bonds is 2. The largest absolute Gasteiger partial charge is 0.294 e. The molecule has 0 unspecified atom stereocenters. The molecular formula is C6H5O4PS. The van der Waals surface area contributed by atoms with E-state index in [4.69, 9.17) is 4.55 Å². The lowest BCUT2D eigenvalue weighted by Gasteiger charge is -1.95. The minimum Gasteiger partial charge on any atom is -0.282 e. The Balaban J connectivity index is 3.29. The zero-order valence-corrected chi connectivity index (χ0v) is 7.55. The van der Waals surface area contributed by atoms with E-state index >= 15 is 0 Å². The number of benzene rings is 1. The van der Waals surface area contributed by atoms with E-state index in [0.717, 1.165) is 6.07 Å². The van der Waals surface area contributed by atoms with Crippen molar-refractivity contribution in [3.05, 3.63) is 24.3 Å². The van der Waals surface area contributed by atoms with Gasteiger partial charge in [-0.05, 0) is 18.2 Å². The average Bonchev–Trinajstić information content (AvgIpc) is 2.03. The summed E-state index contributed by atoms with van der Waals surface area (Å²) in [6.45, 7) is 0. The summed E-state index contributed by atoms with van der Waals surface area (Å²) in [5.41, 5.74) is 0. The molecule has 1 aromatic rings. The molecule has 0 heterocycles. The summed E-state index contributed by atoms with van der Waals surface area (Å²) in [7, 11) is -4.45. The van der Waals surface area contributed by atoms with Crippen molar-refractivity contribution in [2.75, 3.05) is 0 Å². The molecule has 0 aromatic heterocycles. The van der Waals surface area contributed by atoms with Gasteiger partial charge in [-0.25, -0.2) is 0 Å². The fraction of sp³-hybridized carbons (Fsp3) is 0. The monoisotopic (exact) mass is 204 g/mol. The fourth-order valence-corrected chi connectivity index (χ4v) is 1.65. The second-order valence-electron chi connectivity index (χ2n) is 2.06. The molecule has 0 aliphatic rings. The molecule has 0 spiro atoms. The topological polar surface area (TPSA) is 71.4 Å². The van der Waals surface area contributed by atoms with Gasteiger partial charge in [0.2, 0.25) is 0 Å². The van der Waals surface area contributed by atoms with Gasteiger partial charge >= 0.3 is 0 Å². The highest BCUT2D eigenvalue weighted by atomic mass is 32.2. The maximum absolute atomic E-state index is 10.6. The third kappa shape index (κ3) is 2.11. The van der Waals surface area contributed by atoms with Crippen molar-refractivity contribution in [3.63, 3.8) is 0 Å². The summed E-state index contributed by atoms with van der Waals surface area (Å²) in [5, 5.41) is 0.310. The quantitative estimate of drug-likeness (QED) is 0.572. The van der Waals surface area contributed by atoms with Crippen LogP contribution in [0.15, 0.2) is 29.2 Å². The lowest BCUT2D eigenvalue weighted by molar-refractivity contribution is 0.483. The second kappa shape index (κ2) is 3.31. The van der Waals surface area contributed by atoms with Gasteiger partial charge in [-0.1, -0.05) is 6.07 Å². The van der Waals surface area contributed by atoms with Crippen LogP contribution < -0.4 is 5.30 Å². The van der Waals surface area contributed by atoms with E-state index in [2.05, 4.69) is 0 Å². The highest BCUT2D eigenvalue weighted by Crippen LogP contribution is 2.07. The molecule has 12 heavy (non-hydrogen) atoms. The van der Waals surface area contributed by atoms with Crippen LogP contribution >= 0.6 is 8.46 Å². The average molecular weight is 204 g/mol. The Labute approximate surface area is 71.2 Å². The van der Waals surface area contributed by atoms with E-state index < -0.39 is 10.1 Å². The Bertz CT molecular complexity index is 398. The summed E-state index contributed by atoms with van der Waals surface area (Å²) < 4.78 is 40.0. The van der Waals surface area contributed by atoms with Gasteiger partial charge in [-0.15, -0.1) is 0 Å². The van der Waals surface area contributed by atoms with Crippen molar-refractivity contribution in [3.8, 4) is 0 Å². The van der Waals surface area contributed by atoms with Crippen molar-refractivity contribution in [1.29, 1.82) is 0 Å². The van der Waals surface area contributed by atoms with Crippen LogP contribution in [0.3, 0.4) is 0 Å². The maximum atomic E-state index is 10.6. The maximum Gasteiger partial charge on any atom is 0.294 e. The number of hydrogen-bond donors (Lipinski definition) is 1. The van der Waals surface area contributed by atoms with Gasteiger partial charge in [-0.2, -0.15) is 8.42 Å². The molecule has 0 saturated heterocycles. The highest BCUT2D eigenvalue weighted by Gasteiger charge is 2.08. The molecule has 0 fully saturated rings. The van der Waals surface area contributed by atoms with E-state index in [9.17, 15) is 13.0 Å². The standard InChI is InChI=1S/C6H5O4PS/c7-11-5-2-1-3-6(4-5)12(8,9)10/h1-4H,(H,8,9,10). The summed E-state index contributed by atoms with van der Waals surface area (Å²) in [6, 6.07) is 5.26. The van der Waals surface area contributed by atoms with Crippen molar-refractivity contribution in [1.82, 2.24) is 0 Å². The minimum absolute atomic E-state index is 0.247. The Hall–Kier alpha value is -0.770. The lowest BCUT2D eigenvalue weighted by atomic mass is 10.4. The molecule has 1 aromatic carbocycles. The summed E-state index contributed by atoms with van der Waals surface area (Å²) in [6.07, 6.45) is 0. The molecule has 0 radical (unpaired) electrons. The van der Waals surface area contributed by atoms with E-state index in [1.165, 1.54) is 18.2 Å². The predicted octanol–water partition coefficient (Wildman–Crippen LogP) is 0.850. The third-order valence-electron chi connectivity index (χ3n) is 1.22. The van der Waals surface area contributed by atoms with E-state index in [1.54, 1.807) is 0 Å². The number of hydrogen-bond acceptors (Lipinski definition) is 3. The minimum atomic E-state index is -4.18. The van der Waals surface area contributed by atoms with Crippen molar-refractivity contribution < 1.29 is 17.5 Å². The smallest absolute Gasteiger partial charge is 0.282 e. The van der Waals surface area contributed by atoms with Gasteiger partial charge < -0.3 is 0 Å². The zero-order valence-electron chi connectivity index (χ0n) is 5.84. The van der Waals surface area contributed by atoms with Crippen LogP contribution in [0.1, 0.15) is 0 Å². The molecular weight excluding hydrogens is 199 g/mol. The van der Waals surface area contributed by atoms with E-state index in [0.29, 0.717) is 5.30 Å². The molecule has 1 rings (SSSR count). The summed E-state index contributed by atoms with van der Waals surface area (Å²) in [4.78, 5) is -0.247. The Kier molecular flexibility index (Phi) is 2.57. The van der Waals surface area contributed by atoms with E-state index in [1.807, 2.05) is 0 Å². The predicted molar refractivity (Wildman–Crippen MR) is 43.5 cm³/mol. The summed E-state index contributed by atoms with van der Waals surface area (Å²) >= 11 is 0. The first-order chi connectivity index (χ1) is 5.54. The third-order valence-corrected chi connectivity index (χ3v) is 2.56. The van der Waals surface area contributed by atoms with Crippen LogP contribution in [0.5, 0.6) is 0 Å². The second-order valence-corrected chi connectivity index (χ2v) is 4.18. The van der Waals surface area contributed by atoms with Gasteiger partial charge in [0.15, 0.2) is 8.46 Å². The molecule has 1 N–H and O–H groups in total. The van der Waals surface area contributed by atoms with Crippen molar-refractivity contribution >= 4 is 23.9 Å². The van der Waals surface area contributed by atoms with E-state index in [-0.39, 0.29) is 13.4 Å². The Morgan fingerprint density at radius 2 is 2.00 bits per heavy atom. The van der Waals surface area contributed by atoms with Crippen LogP contribution in [0.2, 0.25) is 0 Å². The Morgan fingerprint density at radius 1 is 1.33 bits per heavy atom. The van der Waals surface area contributed by atoms with Crippen LogP contribution in [-0.4, -0.2) is 13.0 Å². The van der Waals surface area contributed by atoms with Gasteiger partial charge in [0.1, 0.15) is 0 Å². The van der Waals surface area contributed by atoms with Crippen molar-refractivity contribution in [2.24, 2.45) is 0 Å². The molecule has 0 aliphatic heterocycles. The first-order valence-electron chi connectivity index (χ1n) is 2.95. The zero-order chi connectivity index (χ0) is 9.19. The Morgan fingerprint density at radius 3 is 2.50 bits per heavy atom. The van der Waals surface area contributed by atoms with Gasteiger partial charge in [0.05, 0.1) is 4.90 Å². The van der Waals surface area contributed by atoms with Crippen LogP contribution in [0.25, 0.3) is 0 Å².